The fourth-order valence-corrected chi connectivity index (χ4v) is 2.28. The highest BCUT2D eigenvalue weighted by Crippen LogP contribution is 2.29. The summed E-state index contributed by atoms with van der Waals surface area (Å²) in [4.78, 5) is 12.3. The lowest BCUT2D eigenvalue weighted by Crippen LogP contribution is -2.14. The van der Waals surface area contributed by atoms with E-state index in [0.717, 1.165) is 12.1 Å². The van der Waals surface area contributed by atoms with Crippen molar-refractivity contribution >= 4 is 11.6 Å². The van der Waals surface area contributed by atoms with E-state index in [0.29, 0.717) is 28.7 Å². The SMILES string of the molecule is Cc1[nH]nc(-c2cccc(F)c2)c1NC(=O)c1ccc(F)cc1F. The standard InChI is InChI=1S/C17H12F3N3O/c1-9-15(16(23-22-9)10-3-2-4-11(18)7-10)21-17(24)13-6-5-12(19)8-14(13)20/h2-8H,1H3,(H,21,24)(H,22,23). The number of nitrogens with one attached hydrogen (secondary N) is 2. The van der Waals surface area contributed by atoms with Crippen molar-refractivity contribution in [1.82, 2.24) is 10.2 Å². The van der Waals surface area contributed by atoms with E-state index in [-0.39, 0.29) is 5.56 Å². The Kier molecular flexibility index (Phi) is 4.07. The summed E-state index contributed by atoms with van der Waals surface area (Å²) >= 11 is 0. The lowest BCUT2D eigenvalue weighted by atomic mass is 10.1. The zero-order valence-corrected chi connectivity index (χ0v) is 12.5. The molecule has 0 fully saturated rings. The maximum Gasteiger partial charge on any atom is 0.258 e. The Morgan fingerprint density at radius 1 is 1.08 bits per heavy atom. The Morgan fingerprint density at radius 2 is 1.83 bits per heavy atom. The molecule has 0 aliphatic rings. The Hall–Kier alpha value is -3.09. The molecule has 2 N–H and O–H groups in total. The molecule has 1 aromatic heterocycles. The molecule has 122 valence electrons. The van der Waals surface area contributed by atoms with Crippen LogP contribution >= 0.6 is 0 Å². The molecule has 0 atom stereocenters. The summed E-state index contributed by atoms with van der Waals surface area (Å²) in [6.45, 7) is 1.66. The third-order valence-corrected chi connectivity index (χ3v) is 3.46. The van der Waals surface area contributed by atoms with Crippen molar-refractivity contribution in [2.24, 2.45) is 0 Å². The van der Waals surface area contributed by atoms with E-state index in [4.69, 9.17) is 0 Å². The number of carbonyl (C=O) groups is 1. The predicted molar refractivity (Wildman–Crippen MR) is 83.0 cm³/mol. The maximum absolute atomic E-state index is 13.7. The van der Waals surface area contributed by atoms with E-state index in [1.807, 2.05) is 0 Å². The molecule has 7 heteroatoms. The van der Waals surface area contributed by atoms with Crippen LogP contribution in [0.4, 0.5) is 18.9 Å². The first-order valence-corrected chi connectivity index (χ1v) is 7.03. The van der Waals surface area contributed by atoms with Gasteiger partial charge in [-0.2, -0.15) is 5.10 Å². The van der Waals surface area contributed by atoms with Crippen LogP contribution in [0.2, 0.25) is 0 Å². The van der Waals surface area contributed by atoms with Gasteiger partial charge in [0.05, 0.1) is 16.9 Å². The molecule has 3 aromatic rings. The third-order valence-electron chi connectivity index (χ3n) is 3.46. The molecule has 1 amide bonds. The number of aryl methyl sites for hydroxylation is 1. The number of amides is 1. The summed E-state index contributed by atoms with van der Waals surface area (Å²) in [7, 11) is 0. The number of anilines is 1. The quantitative estimate of drug-likeness (QED) is 0.760. The van der Waals surface area contributed by atoms with Crippen molar-refractivity contribution in [3.63, 3.8) is 0 Å². The Balaban J connectivity index is 1.96. The summed E-state index contributed by atoms with van der Waals surface area (Å²) < 4.78 is 40.1. The minimum atomic E-state index is -0.971. The van der Waals surface area contributed by atoms with Crippen molar-refractivity contribution in [3.05, 3.63) is 71.2 Å². The Labute approximate surface area is 135 Å². The highest BCUT2D eigenvalue weighted by Gasteiger charge is 2.18. The van der Waals surface area contributed by atoms with Gasteiger partial charge in [-0.3, -0.25) is 9.89 Å². The van der Waals surface area contributed by atoms with Gasteiger partial charge in [0.2, 0.25) is 0 Å². The zero-order valence-electron chi connectivity index (χ0n) is 12.5. The molecule has 0 radical (unpaired) electrons. The average molecular weight is 331 g/mol. The fourth-order valence-electron chi connectivity index (χ4n) is 2.28. The van der Waals surface area contributed by atoms with E-state index in [9.17, 15) is 18.0 Å². The largest absolute Gasteiger partial charge is 0.318 e. The van der Waals surface area contributed by atoms with Crippen molar-refractivity contribution < 1.29 is 18.0 Å². The molecule has 0 saturated carbocycles. The van der Waals surface area contributed by atoms with Crippen LogP contribution in [0.15, 0.2) is 42.5 Å². The minimum absolute atomic E-state index is 0.300. The van der Waals surface area contributed by atoms with Gasteiger partial charge < -0.3 is 5.32 Å². The van der Waals surface area contributed by atoms with E-state index in [1.54, 1.807) is 13.0 Å². The van der Waals surface area contributed by atoms with Crippen LogP contribution < -0.4 is 5.32 Å². The van der Waals surface area contributed by atoms with Crippen molar-refractivity contribution in [2.45, 2.75) is 6.92 Å². The van der Waals surface area contributed by atoms with Gasteiger partial charge in [0.15, 0.2) is 0 Å². The molecule has 0 aliphatic heterocycles. The second kappa shape index (κ2) is 6.19. The molecule has 0 spiro atoms. The molecule has 1 heterocycles. The number of carbonyl (C=O) groups excluding carboxylic acids is 1. The second-order valence-electron chi connectivity index (χ2n) is 5.16. The number of H-pyrrole nitrogens is 1. The van der Waals surface area contributed by atoms with Crippen LogP contribution in [0.1, 0.15) is 16.1 Å². The van der Waals surface area contributed by atoms with E-state index in [2.05, 4.69) is 15.5 Å². The van der Waals surface area contributed by atoms with Crippen LogP contribution in [0.5, 0.6) is 0 Å². The molecule has 24 heavy (non-hydrogen) atoms. The van der Waals surface area contributed by atoms with Gasteiger partial charge in [-0.15, -0.1) is 0 Å². The van der Waals surface area contributed by atoms with Gasteiger partial charge in [0.1, 0.15) is 23.1 Å². The molecular weight excluding hydrogens is 319 g/mol. The Bertz CT molecular complexity index is 921. The van der Waals surface area contributed by atoms with E-state index >= 15 is 0 Å². The molecule has 3 rings (SSSR count). The lowest BCUT2D eigenvalue weighted by molar-refractivity contribution is 0.102. The lowest BCUT2D eigenvalue weighted by Gasteiger charge is -2.08. The number of nitrogens with zero attached hydrogens (tertiary/aromatic N) is 1. The first-order chi connectivity index (χ1) is 11.5. The minimum Gasteiger partial charge on any atom is -0.318 e. The molecule has 0 saturated heterocycles. The highest BCUT2D eigenvalue weighted by atomic mass is 19.1. The normalized spacial score (nSPS) is 10.7. The zero-order chi connectivity index (χ0) is 17.3. The highest BCUT2D eigenvalue weighted by molar-refractivity contribution is 6.06. The van der Waals surface area contributed by atoms with Gasteiger partial charge >= 0.3 is 0 Å². The third kappa shape index (κ3) is 3.01. The summed E-state index contributed by atoms with van der Waals surface area (Å²) in [5.41, 5.74) is 1.29. The van der Waals surface area contributed by atoms with Gasteiger partial charge in [-0.1, -0.05) is 12.1 Å². The van der Waals surface area contributed by atoms with Gasteiger partial charge in [-0.05, 0) is 31.2 Å². The number of hydrogen-bond donors (Lipinski definition) is 2. The number of halogens is 3. The molecule has 0 bridgehead atoms. The topological polar surface area (TPSA) is 57.8 Å². The Morgan fingerprint density at radius 3 is 2.54 bits per heavy atom. The van der Waals surface area contributed by atoms with Gasteiger partial charge in [0, 0.05) is 11.6 Å². The number of aromatic amines is 1. The van der Waals surface area contributed by atoms with Crippen LogP contribution in [0.3, 0.4) is 0 Å². The number of hydrogen-bond acceptors (Lipinski definition) is 2. The summed E-state index contributed by atoms with van der Waals surface area (Å²) in [6, 6.07) is 8.38. The van der Waals surface area contributed by atoms with Crippen molar-refractivity contribution in [1.29, 1.82) is 0 Å². The molecule has 0 aliphatic carbocycles. The first-order valence-electron chi connectivity index (χ1n) is 7.03. The second-order valence-corrected chi connectivity index (χ2v) is 5.16. The monoisotopic (exact) mass is 331 g/mol. The molecular formula is C17H12F3N3O. The van der Waals surface area contributed by atoms with Crippen molar-refractivity contribution in [2.75, 3.05) is 5.32 Å². The molecule has 0 unspecified atom stereocenters. The summed E-state index contributed by atoms with van der Waals surface area (Å²) in [6.07, 6.45) is 0. The number of rotatable bonds is 3. The van der Waals surface area contributed by atoms with Crippen LogP contribution in [0, 0.1) is 24.4 Å². The van der Waals surface area contributed by atoms with Gasteiger partial charge in [-0.25, -0.2) is 13.2 Å². The average Bonchev–Trinajstić information content (AvgIpc) is 2.88. The van der Waals surface area contributed by atoms with Crippen molar-refractivity contribution in [3.8, 4) is 11.3 Å². The number of benzene rings is 2. The smallest absolute Gasteiger partial charge is 0.258 e. The van der Waals surface area contributed by atoms with Gasteiger partial charge in [0.25, 0.3) is 5.91 Å². The van der Waals surface area contributed by atoms with E-state index < -0.39 is 23.4 Å². The van der Waals surface area contributed by atoms with E-state index in [1.165, 1.54) is 18.2 Å². The molecule has 4 nitrogen and oxygen atoms in total. The maximum atomic E-state index is 13.7. The van der Waals surface area contributed by atoms with Crippen LogP contribution in [-0.4, -0.2) is 16.1 Å². The number of aromatic nitrogens is 2. The first kappa shape index (κ1) is 15.8. The van der Waals surface area contributed by atoms with Crippen LogP contribution in [0.25, 0.3) is 11.3 Å². The summed E-state index contributed by atoms with van der Waals surface area (Å²) in [5, 5.41) is 9.28. The summed E-state index contributed by atoms with van der Waals surface area (Å²) in [5.74, 6) is -2.95. The van der Waals surface area contributed by atoms with Crippen LogP contribution in [-0.2, 0) is 0 Å². The fraction of sp³-hybridized carbons (Fsp3) is 0.0588. The molecule has 2 aromatic carbocycles. The predicted octanol–water partition coefficient (Wildman–Crippen LogP) is 4.05.